The zero-order valence-electron chi connectivity index (χ0n) is 16.6. The third-order valence-electron chi connectivity index (χ3n) is 4.29. The number of rotatable bonds is 6. The Labute approximate surface area is 170 Å². The molecule has 0 saturated heterocycles. The second kappa shape index (κ2) is 8.93. The Hall–Kier alpha value is -2.80. The third-order valence-corrected chi connectivity index (χ3v) is 5.29. The Morgan fingerprint density at radius 2 is 1.79 bits per heavy atom. The molecule has 3 rings (SSSR count). The minimum Gasteiger partial charge on any atom is -0.331 e. The van der Waals surface area contributed by atoms with E-state index in [0.717, 1.165) is 16.6 Å². The van der Waals surface area contributed by atoms with E-state index in [2.05, 4.69) is 58.8 Å². The van der Waals surface area contributed by atoms with Crippen molar-refractivity contribution in [2.24, 2.45) is 0 Å². The lowest BCUT2D eigenvalue weighted by Crippen LogP contribution is -2.37. The van der Waals surface area contributed by atoms with Crippen LogP contribution in [-0.4, -0.2) is 39.8 Å². The summed E-state index contributed by atoms with van der Waals surface area (Å²) in [5, 5.41) is 12.6. The van der Waals surface area contributed by atoms with Gasteiger partial charge in [-0.1, -0.05) is 59.8 Å². The monoisotopic (exact) mass is 395 g/mol. The molecule has 7 heteroatoms. The number of amides is 2. The molecule has 0 spiro atoms. The number of hydrogen-bond donors (Lipinski definition) is 1. The first-order valence-electron chi connectivity index (χ1n) is 9.12. The standard InChI is InChI=1S/C21H25N5OS/c1-15-10-12-18(13-11-15)26-19(16(2)22-20(27)25(3)4)23-24-21(26)28-14-17-8-6-5-7-9-17/h5-13,16H,14H2,1-4H3,(H,22,27). The van der Waals surface area contributed by atoms with E-state index in [1.165, 1.54) is 16.0 Å². The molecule has 2 aromatic carbocycles. The highest BCUT2D eigenvalue weighted by atomic mass is 32.2. The molecule has 28 heavy (non-hydrogen) atoms. The maximum Gasteiger partial charge on any atom is 0.317 e. The van der Waals surface area contributed by atoms with Crippen LogP contribution in [0.2, 0.25) is 0 Å². The molecule has 146 valence electrons. The van der Waals surface area contributed by atoms with Crippen molar-refractivity contribution in [2.45, 2.75) is 30.8 Å². The van der Waals surface area contributed by atoms with Gasteiger partial charge in [-0.2, -0.15) is 0 Å². The van der Waals surface area contributed by atoms with Crippen LogP contribution < -0.4 is 5.32 Å². The Morgan fingerprint density at radius 1 is 1.11 bits per heavy atom. The molecule has 1 aromatic heterocycles. The SMILES string of the molecule is Cc1ccc(-n2c(SCc3ccccc3)nnc2C(C)NC(=O)N(C)C)cc1. The van der Waals surface area contributed by atoms with Crippen LogP contribution in [0.3, 0.4) is 0 Å². The second-order valence-corrected chi connectivity index (χ2v) is 7.79. The highest BCUT2D eigenvalue weighted by Crippen LogP contribution is 2.27. The van der Waals surface area contributed by atoms with Gasteiger partial charge in [0, 0.05) is 25.5 Å². The highest BCUT2D eigenvalue weighted by Gasteiger charge is 2.21. The number of carbonyl (C=O) groups excluding carboxylic acids is 1. The van der Waals surface area contributed by atoms with Crippen LogP contribution in [0.1, 0.15) is 29.9 Å². The number of carbonyl (C=O) groups is 1. The predicted octanol–water partition coefficient (Wildman–Crippen LogP) is 4.20. The van der Waals surface area contributed by atoms with Crippen LogP contribution in [0.25, 0.3) is 5.69 Å². The first-order chi connectivity index (χ1) is 13.5. The van der Waals surface area contributed by atoms with Crippen molar-refractivity contribution in [2.75, 3.05) is 14.1 Å². The van der Waals surface area contributed by atoms with Gasteiger partial charge in [0.05, 0.1) is 6.04 Å². The van der Waals surface area contributed by atoms with Gasteiger partial charge in [0.2, 0.25) is 0 Å². The van der Waals surface area contributed by atoms with Gasteiger partial charge < -0.3 is 10.2 Å². The molecular weight excluding hydrogens is 370 g/mol. The van der Waals surface area contributed by atoms with Crippen molar-refractivity contribution in [3.05, 3.63) is 71.5 Å². The maximum atomic E-state index is 12.1. The first kappa shape index (κ1) is 19.9. The molecule has 0 fully saturated rings. The number of thioether (sulfide) groups is 1. The number of benzene rings is 2. The molecule has 1 atom stereocenters. The van der Waals surface area contributed by atoms with Gasteiger partial charge >= 0.3 is 6.03 Å². The quantitative estimate of drug-likeness (QED) is 0.636. The van der Waals surface area contributed by atoms with E-state index >= 15 is 0 Å². The Kier molecular flexibility index (Phi) is 6.36. The lowest BCUT2D eigenvalue weighted by molar-refractivity contribution is 0.213. The molecule has 0 bridgehead atoms. The summed E-state index contributed by atoms with van der Waals surface area (Å²) in [4.78, 5) is 13.6. The Balaban J connectivity index is 1.92. The summed E-state index contributed by atoms with van der Waals surface area (Å²) in [7, 11) is 3.43. The number of aryl methyl sites for hydroxylation is 1. The number of nitrogens with one attached hydrogen (secondary N) is 1. The lowest BCUT2D eigenvalue weighted by atomic mass is 10.2. The van der Waals surface area contributed by atoms with Gasteiger partial charge in [-0.05, 0) is 31.5 Å². The van der Waals surface area contributed by atoms with Crippen molar-refractivity contribution < 1.29 is 4.79 Å². The van der Waals surface area contributed by atoms with Crippen molar-refractivity contribution in [3.8, 4) is 5.69 Å². The normalized spacial score (nSPS) is 11.9. The van der Waals surface area contributed by atoms with Crippen molar-refractivity contribution >= 4 is 17.8 Å². The van der Waals surface area contributed by atoms with Crippen LogP contribution in [0.15, 0.2) is 59.8 Å². The highest BCUT2D eigenvalue weighted by molar-refractivity contribution is 7.98. The molecule has 0 aliphatic heterocycles. The molecule has 0 saturated carbocycles. The van der Waals surface area contributed by atoms with Crippen LogP contribution in [-0.2, 0) is 5.75 Å². The summed E-state index contributed by atoms with van der Waals surface area (Å²) in [6, 6.07) is 18.1. The summed E-state index contributed by atoms with van der Waals surface area (Å²) in [5.74, 6) is 1.50. The van der Waals surface area contributed by atoms with E-state index in [0.29, 0.717) is 5.82 Å². The lowest BCUT2D eigenvalue weighted by Gasteiger charge is -2.19. The third kappa shape index (κ3) is 4.72. The molecule has 0 radical (unpaired) electrons. The predicted molar refractivity (Wildman–Crippen MR) is 113 cm³/mol. The van der Waals surface area contributed by atoms with E-state index in [9.17, 15) is 4.79 Å². The van der Waals surface area contributed by atoms with Gasteiger partial charge in [0.25, 0.3) is 0 Å². The second-order valence-electron chi connectivity index (χ2n) is 6.85. The molecular formula is C21H25N5OS. The number of nitrogens with zero attached hydrogens (tertiary/aromatic N) is 4. The van der Waals surface area contributed by atoms with E-state index in [1.807, 2.05) is 29.7 Å². The van der Waals surface area contributed by atoms with E-state index in [4.69, 9.17) is 0 Å². The van der Waals surface area contributed by atoms with Gasteiger partial charge in [0.15, 0.2) is 11.0 Å². The fourth-order valence-electron chi connectivity index (χ4n) is 2.69. The minimum absolute atomic E-state index is 0.163. The van der Waals surface area contributed by atoms with Gasteiger partial charge in [0.1, 0.15) is 0 Å². The summed E-state index contributed by atoms with van der Waals surface area (Å²) >= 11 is 1.63. The number of aromatic nitrogens is 3. The van der Waals surface area contributed by atoms with Gasteiger partial charge in [-0.25, -0.2) is 4.79 Å². The summed E-state index contributed by atoms with van der Waals surface area (Å²) in [5.41, 5.74) is 3.39. The minimum atomic E-state index is -0.283. The molecule has 1 heterocycles. The average Bonchev–Trinajstić information content (AvgIpc) is 3.11. The van der Waals surface area contributed by atoms with Gasteiger partial charge in [-0.3, -0.25) is 4.57 Å². The van der Waals surface area contributed by atoms with E-state index < -0.39 is 0 Å². The molecule has 6 nitrogen and oxygen atoms in total. The van der Waals surface area contributed by atoms with Crippen molar-refractivity contribution in [1.82, 2.24) is 25.0 Å². The topological polar surface area (TPSA) is 63.1 Å². The summed E-state index contributed by atoms with van der Waals surface area (Å²) in [6.45, 7) is 3.98. The molecule has 1 N–H and O–H groups in total. The van der Waals surface area contributed by atoms with E-state index in [1.54, 1.807) is 25.9 Å². The molecule has 2 amide bonds. The zero-order valence-corrected chi connectivity index (χ0v) is 17.4. The smallest absolute Gasteiger partial charge is 0.317 e. The maximum absolute atomic E-state index is 12.1. The fourth-order valence-corrected chi connectivity index (χ4v) is 3.61. The Morgan fingerprint density at radius 3 is 2.43 bits per heavy atom. The van der Waals surface area contributed by atoms with Crippen LogP contribution in [0, 0.1) is 6.92 Å². The largest absolute Gasteiger partial charge is 0.331 e. The Bertz CT molecular complexity index is 922. The van der Waals surface area contributed by atoms with Crippen molar-refractivity contribution in [1.29, 1.82) is 0 Å². The van der Waals surface area contributed by atoms with Crippen LogP contribution >= 0.6 is 11.8 Å². The molecule has 0 aliphatic carbocycles. The van der Waals surface area contributed by atoms with E-state index in [-0.39, 0.29) is 12.1 Å². The molecule has 1 unspecified atom stereocenters. The first-order valence-corrected chi connectivity index (χ1v) is 10.1. The molecule has 0 aliphatic rings. The summed E-state index contributed by atoms with van der Waals surface area (Å²) in [6.07, 6.45) is 0. The van der Waals surface area contributed by atoms with Gasteiger partial charge in [-0.15, -0.1) is 10.2 Å². The van der Waals surface area contributed by atoms with Crippen LogP contribution in [0.5, 0.6) is 0 Å². The molecule has 3 aromatic rings. The van der Waals surface area contributed by atoms with Crippen molar-refractivity contribution in [3.63, 3.8) is 0 Å². The number of urea groups is 1. The zero-order chi connectivity index (χ0) is 20.1. The summed E-state index contributed by atoms with van der Waals surface area (Å²) < 4.78 is 2.02. The average molecular weight is 396 g/mol. The number of hydrogen-bond acceptors (Lipinski definition) is 4. The van der Waals surface area contributed by atoms with Crippen LogP contribution in [0.4, 0.5) is 4.79 Å². The fraction of sp³-hybridized carbons (Fsp3) is 0.286.